The average Bonchev–Trinajstić information content (AvgIpc) is 2.35. The molecule has 2 rings (SSSR count). The molecule has 2 N–H and O–H groups in total. The van der Waals surface area contributed by atoms with Crippen LogP contribution >= 0.6 is 11.6 Å². The number of halogens is 4. The van der Waals surface area contributed by atoms with Crippen LogP contribution in [0, 0.1) is 17.5 Å². The Morgan fingerprint density at radius 2 is 1.61 bits per heavy atom. The zero-order valence-electron chi connectivity index (χ0n) is 9.18. The van der Waals surface area contributed by atoms with Crippen LogP contribution in [0.4, 0.5) is 13.2 Å². The van der Waals surface area contributed by atoms with Gasteiger partial charge >= 0.3 is 0 Å². The molecule has 18 heavy (non-hydrogen) atoms. The molecular weight excluding hydrogens is 263 g/mol. The van der Waals surface area contributed by atoms with E-state index in [1.54, 1.807) is 12.1 Å². The molecule has 0 radical (unpaired) electrons. The van der Waals surface area contributed by atoms with Gasteiger partial charge in [0.2, 0.25) is 0 Å². The second kappa shape index (κ2) is 5.00. The van der Waals surface area contributed by atoms with Crippen molar-refractivity contribution in [1.29, 1.82) is 0 Å². The minimum Gasteiger partial charge on any atom is -0.326 e. The van der Waals surface area contributed by atoms with Gasteiger partial charge in [-0.3, -0.25) is 0 Å². The van der Waals surface area contributed by atoms with Crippen molar-refractivity contribution in [2.24, 2.45) is 5.73 Å². The summed E-state index contributed by atoms with van der Waals surface area (Å²) in [6, 6.07) is 5.95. The van der Waals surface area contributed by atoms with E-state index in [1.165, 1.54) is 6.07 Å². The molecule has 2 aromatic carbocycles. The molecular formula is C13H9ClF3N. The van der Waals surface area contributed by atoms with Crippen molar-refractivity contribution in [3.63, 3.8) is 0 Å². The third-order valence-electron chi connectivity index (χ3n) is 2.59. The van der Waals surface area contributed by atoms with Crippen molar-refractivity contribution in [1.82, 2.24) is 0 Å². The molecule has 0 aromatic heterocycles. The Bertz CT molecular complexity index is 599. The summed E-state index contributed by atoms with van der Waals surface area (Å²) >= 11 is 5.87. The van der Waals surface area contributed by atoms with Crippen molar-refractivity contribution in [3.05, 3.63) is 58.4 Å². The van der Waals surface area contributed by atoms with E-state index in [0.29, 0.717) is 22.2 Å². The van der Waals surface area contributed by atoms with Gasteiger partial charge in [-0.25, -0.2) is 13.2 Å². The molecule has 0 saturated heterocycles. The zero-order valence-corrected chi connectivity index (χ0v) is 9.94. The molecule has 0 spiro atoms. The van der Waals surface area contributed by atoms with Gasteiger partial charge < -0.3 is 5.73 Å². The largest absolute Gasteiger partial charge is 0.326 e. The Morgan fingerprint density at radius 3 is 2.28 bits per heavy atom. The first-order valence-electron chi connectivity index (χ1n) is 5.16. The number of benzene rings is 2. The van der Waals surface area contributed by atoms with Crippen molar-refractivity contribution in [2.75, 3.05) is 0 Å². The summed E-state index contributed by atoms with van der Waals surface area (Å²) in [6.07, 6.45) is 0. The van der Waals surface area contributed by atoms with Crippen LogP contribution in [0.5, 0.6) is 0 Å². The number of rotatable bonds is 2. The third-order valence-corrected chi connectivity index (χ3v) is 2.96. The predicted octanol–water partition coefficient (Wildman–Crippen LogP) is 3.88. The first-order valence-corrected chi connectivity index (χ1v) is 5.54. The molecule has 0 fully saturated rings. The summed E-state index contributed by atoms with van der Waals surface area (Å²) < 4.78 is 39.5. The second-order valence-electron chi connectivity index (χ2n) is 3.76. The van der Waals surface area contributed by atoms with E-state index in [9.17, 15) is 13.2 Å². The number of hydrogen-bond acceptors (Lipinski definition) is 1. The molecule has 5 heteroatoms. The smallest absolute Gasteiger partial charge is 0.161 e. The Kier molecular flexibility index (Phi) is 3.59. The molecule has 0 amide bonds. The molecule has 0 bridgehead atoms. The van der Waals surface area contributed by atoms with Crippen LogP contribution in [0.2, 0.25) is 5.02 Å². The highest BCUT2D eigenvalue weighted by Crippen LogP contribution is 2.28. The molecule has 94 valence electrons. The summed E-state index contributed by atoms with van der Waals surface area (Å²) in [4.78, 5) is 0. The van der Waals surface area contributed by atoms with Crippen LogP contribution in [0.3, 0.4) is 0 Å². The maximum Gasteiger partial charge on any atom is 0.161 e. The van der Waals surface area contributed by atoms with Gasteiger partial charge in [0.25, 0.3) is 0 Å². The fourth-order valence-electron chi connectivity index (χ4n) is 1.64. The Balaban J connectivity index is 2.58. The summed E-state index contributed by atoms with van der Waals surface area (Å²) in [5.74, 6) is -3.15. The third kappa shape index (κ3) is 2.35. The van der Waals surface area contributed by atoms with Gasteiger partial charge in [0.1, 0.15) is 5.82 Å². The van der Waals surface area contributed by atoms with Gasteiger partial charge in [0, 0.05) is 23.2 Å². The molecule has 0 aliphatic rings. The van der Waals surface area contributed by atoms with E-state index < -0.39 is 17.5 Å². The van der Waals surface area contributed by atoms with E-state index in [2.05, 4.69) is 0 Å². The maximum absolute atomic E-state index is 13.6. The standard InChI is InChI=1S/C13H9ClF3N/c14-10-2-1-7(3-8(10)6-18)9-4-12(16)13(17)5-11(9)15/h1-5H,6,18H2. The minimum absolute atomic E-state index is 0.0275. The van der Waals surface area contributed by atoms with E-state index in [-0.39, 0.29) is 12.1 Å². The average molecular weight is 272 g/mol. The molecule has 0 unspecified atom stereocenters. The normalized spacial score (nSPS) is 10.7. The van der Waals surface area contributed by atoms with Crippen LogP contribution in [0.15, 0.2) is 30.3 Å². The van der Waals surface area contributed by atoms with Crippen LogP contribution < -0.4 is 5.73 Å². The van der Waals surface area contributed by atoms with Gasteiger partial charge in [0.05, 0.1) is 0 Å². The van der Waals surface area contributed by atoms with Crippen LogP contribution in [0.25, 0.3) is 11.1 Å². The van der Waals surface area contributed by atoms with E-state index in [1.807, 2.05) is 0 Å². The van der Waals surface area contributed by atoms with Gasteiger partial charge in [-0.05, 0) is 29.3 Å². The SMILES string of the molecule is NCc1cc(-c2cc(F)c(F)cc2F)ccc1Cl. The summed E-state index contributed by atoms with van der Waals surface area (Å²) in [6.45, 7) is 0.179. The number of hydrogen-bond donors (Lipinski definition) is 1. The highest BCUT2D eigenvalue weighted by molar-refractivity contribution is 6.31. The predicted molar refractivity (Wildman–Crippen MR) is 64.7 cm³/mol. The molecule has 2 aromatic rings. The summed E-state index contributed by atoms with van der Waals surface area (Å²) in [5, 5.41) is 0.448. The first kappa shape index (κ1) is 12.9. The molecule has 0 atom stereocenters. The van der Waals surface area contributed by atoms with Crippen molar-refractivity contribution in [2.45, 2.75) is 6.54 Å². The highest BCUT2D eigenvalue weighted by Gasteiger charge is 2.12. The van der Waals surface area contributed by atoms with Crippen molar-refractivity contribution in [3.8, 4) is 11.1 Å². The Morgan fingerprint density at radius 1 is 0.944 bits per heavy atom. The topological polar surface area (TPSA) is 26.0 Å². The van der Waals surface area contributed by atoms with E-state index in [0.717, 1.165) is 6.07 Å². The number of nitrogens with two attached hydrogens (primary N) is 1. The van der Waals surface area contributed by atoms with Crippen LogP contribution in [-0.4, -0.2) is 0 Å². The van der Waals surface area contributed by atoms with Crippen molar-refractivity contribution < 1.29 is 13.2 Å². The monoisotopic (exact) mass is 271 g/mol. The maximum atomic E-state index is 13.6. The Hall–Kier alpha value is -1.52. The van der Waals surface area contributed by atoms with Crippen molar-refractivity contribution >= 4 is 11.6 Å². The molecule has 0 heterocycles. The Labute approximate surface area is 107 Å². The summed E-state index contributed by atoms with van der Waals surface area (Å²) in [7, 11) is 0. The second-order valence-corrected chi connectivity index (χ2v) is 4.16. The fourth-order valence-corrected chi connectivity index (χ4v) is 1.84. The van der Waals surface area contributed by atoms with Gasteiger partial charge in [-0.15, -0.1) is 0 Å². The molecule has 0 aliphatic carbocycles. The quantitative estimate of drug-likeness (QED) is 0.824. The van der Waals surface area contributed by atoms with E-state index in [4.69, 9.17) is 17.3 Å². The lowest BCUT2D eigenvalue weighted by molar-refractivity contribution is 0.496. The molecule has 1 nitrogen and oxygen atoms in total. The van der Waals surface area contributed by atoms with Gasteiger partial charge in [0.15, 0.2) is 11.6 Å². The van der Waals surface area contributed by atoms with Gasteiger partial charge in [-0.1, -0.05) is 17.7 Å². The summed E-state index contributed by atoms with van der Waals surface area (Å²) in [5.41, 5.74) is 6.46. The van der Waals surface area contributed by atoms with E-state index >= 15 is 0 Å². The fraction of sp³-hybridized carbons (Fsp3) is 0.0769. The van der Waals surface area contributed by atoms with Crippen LogP contribution in [-0.2, 0) is 6.54 Å². The lowest BCUT2D eigenvalue weighted by Crippen LogP contribution is -1.98. The van der Waals surface area contributed by atoms with Gasteiger partial charge in [-0.2, -0.15) is 0 Å². The first-order chi connectivity index (χ1) is 8.52. The molecule has 0 aliphatic heterocycles. The molecule has 0 saturated carbocycles. The minimum atomic E-state index is -1.22. The lowest BCUT2D eigenvalue weighted by atomic mass is 10.0. The highest BCUT2D eigenvalue weighted by atomic mass is 35.5. The lowest BCUT2D eigenvalue weighted by Gasteiger charge is -2.08. The zero-order chi connectivity index (χ0) is 13.3. The van der Waals surface area contributed by atoms with Crippen LogP contribution in [0.1, 0.15) is 5.56 Å².